The number of imidazole rings is 1. The summed E-state index contributed by atoms with van der Waals surface area (Å²) in [6, 6.07) is 6.81. The first-order chi connectivity index (χ1) is 9.61. The largest absolute Gasteiger partial charge is 0.323 e. The van der Waals surface area contributed by atoms with Crippen LogP contribution in [-0.2, 0) is 0 Å². The third kappa shape index (κ3) is 2.48. The van der Waals surface area contributed by atoms with Gasteiger partial charge in [-0.15, -0.1) is 0 Å². The number of carbonyl (C=O) groups excluding carboxylic acids is 1. The number of carbonyl (C=O) groups is 1. The average Bonchev–Trinajstić information content (AvgIpc) is 2.78. The second kappa shape index (κ2) is 4.93. The van der Waals surface area contributed by atoms with Gasteiger partial charge in [-0.3, -0.25) is 9.78 Å². The van der Waals surface area contributed by atoms with Crippen LogP contribution in [0.3, 0.4) is 0 Å². The van der Waals surface area contributed by atoms with Crippen LogP contribution in [0.25, 0.3) is 11.0 Å². The van der Waals surface area contributed by atoms with Crippen molar-refractivity contribution in [2.45, 2.75) is 0 Å². The summed E-state index contributed by atoms with van der Waals surface area (Å²) in [4.78, 5) is 32.4. The fraction of sp³-hybridized carbons (Fsp3) is 0. The Kier molecular flexibility index (Phi) is 3.11. The van der Waals surface area contributed by atoms with Crippen molar-refractivity contribution in [1.29, 1.82) is 0 Å². The summed E-state index contributed by atoms with van der Waals surface area (Å²) >= 11 is 3.26. The predicted molar refractivity (Wildman–Crippen MR) is 78.8 cm³/mol. The first-order valence-electron chi connectivity index (χ1n) is 5.76. The minimum atomic E-state index is -0.278. The van der Waals surface area contributed by atoms with Crippen LogP contribution < -0.4 is 11.0 Å². The van der Waals surface area contributed by atoms with Crippen molar-refractivity contribution >= 4 is 38.6 Å². The molecule has 2 heterocycles. The number of benzene rings is 1. The Bertz CT molecular complexity index is 853. The van der Waals surface area contributed by atoms with E-state index in [0.717, 1.165) is 4.47 Å². The van der Waals surface area contributed by atoms with Crippen LogP contribution in [-0.4, -0.2) is 20.9 Å². The Labute approximate surface area is 121 Å². The van der Waals surface area contributed by atoms with Gasteiger partial charge in [-0.2, -0.15) is 0 Å². The van der Waals surface area contributed by atoms with E-state index >= 15 is 0 Å². The fourth-order valence-electron chi connectivity index (χ4n) is 1.85. The molecule has 0 saturated heterocycles. The number of amides is 1. The average molecular weight is 333 g/mol. The number of hydrogen-bond acceptors (Lipinski definition) is 3. The number of H-pyrrole nitrogens is 2. The Morgan fingerprint density at radius 3 is 2.75 bits per heavy atom. The van der Waals surface area contributed by atoms with Crippen LogP contribution in [0.4, 0.5) is 5.69 Å². The molecule has 3 N–H and O–H groups in total. The SMILES string of the molecule is O=C(Nc1ccc2[nH]c(=O)[nH]c2c1)c1cncc(Br)c1. The highest BCUT2D eigenvalue weighted by molar-refractivity contribution is 9.10. The maximum absolute atomic E-state index is 12.1. The number of aromatic nitrogens is 3. The Morgan fingerprint density at radius 1 is 1.15 bits per heavy atom. The zero-order valence-electron chi connectivity index (χ0n) is 10.1. The highest BCUT2D eigenvalue weighted by Crippen LogP contribution is 2.16. The summed E-state index contributed by atoms with van der Waals surface area (Å²) in [7, 11) is 0. The number of aromatic amines is 2. The Hall–Kier alpha value is -2.41. The normalized spacial score (nSPS) is 10.7. The van der Waals surface area contributed by atoms with Gasteiger partial charge in [-0.05, 0) is 40.2 Å². The number of nitrogens with one attached hydrogen (secondary N) is 3. The van der Waals surface area contributed by atoms with Gasteiger partial charge in [0.1, 0.15) is 0 Å². The van der Waals surface area contributed by atoms with E-state index in [1.165, 1.54) is 6.20 Å². The molecule has 0 aliphatic rings. The van der Waals surface area contributed by atoms with Gasteiger partial charge in [-0.25, -0.2) is 4.79 Å². The van der Waals surface area contributed by atoms with Crippen LogP contribution >= 0.6 is 15.9 Å². The lowest BCUT2D eigenvalue weighted by Gasteiger charge is -2.05. The van der Waals surface area contributed by atoms with Crippen molar-refractivity contribution in [3.8, 4) is 0 Å². The van der Waals surface area contributed by atoms with Crippen molar-refractivity contribution in [1.82, 2.24) is 15.0 Å². The molecule has 0 unspecified atom stereocenters. The molecule has 100 valence electrons. The molecule has 0 fully saturated rings. The van der Waals surface area contributed by atoms with Crippen molar-refractivity contribution < 1.29 is 4.79 Å². The van der Waals surface area contributed by atoms with Crippen molar-refractivity contribution in [3.63, 3.8) is 0 Å². The maximum Gasteiger partial charge on any atom is 0.323 e. The fourth-order valence-corrected chi connectivity index (χ4v) is 2.21. The van der Waals surface area contributed by atoms with Gasteiger partial charge < -0.3 is 15.3 Å². The molecular formula is C13H9BrN4O2. The quantitative estimate of drug-likeness (QED) is 0.672. The number of pyridine rings is 1. The van der Waals surface area contributed by atoms with Crippen LogP contribution in [0, 0.1) is 0 Å². The second-order valence-corrected chi connectivity index (χ2v) is 5.10. The molecule has 7 heteroatoms. The van der Waals surface area contributed by atoms with Crippen molar-refractivity contribution in [2.75, 3.05) is 5.32 Å². The van der Waals surface area contributed by atoms with Crippen molar-refractivity contribution in [3.05, 3.63) is 57.2 Å². The molecule has 3 aromatic rings. The van der Waals surface area contributed by atoms with E-state index in [1.54, 1.807) is 30.5 Å². The van der Waals surface area contributed by atoms with Gasteiger partial charge in [0, 0.05) is 22.6 Å². The van der Waals surface area contributed by atoms with E-state index in [-0.39, 0.29) is 11.6 Å². The van der Waals surface area contributed by atoms with Gasteiger partial charge in [-0.1, -0.05) is 0 Å². The van der Waals surface area contributed by atoms with Crippen molar-refractivity contribution in [2.24, 2.45) is 0 Å². The molecule has 3 rings (SSSR count). The summed E-state index contributed by atoms with van der Waals surface area (Å²) in [5.41, 5.74) is 2.09. The van der Waals surface area contributed by atoms with E-state index in [1.807, 2.05) is 0 Å². The number of hydrogen-bond donors (Lipinski definition) is 3. The number of halogens is 1. The molecule has 0 spiro atoms. The molecule has 20 heavy (non-hydrogen) atoms. The number of fused-ring (bicyclic) bond motifs is 1. The minimum absolute atomic E-state index is 0.268. The molecule has 0 aliphatic carbocycles. The van der Waals surface area contributed by atoms with E-state index in [4.69, 9.17) is 0 Å². The Balaban J connectivity index is 1.88. The van der Waals surface area contributed by atoms with E-state index in [2.05, 4.69) is 36.2 Å². The molecule has 0 radical (unpaired) electrons. The highest BCUT2D eigenvalue weighted by atomic mass is 79.9. The first-order valence-corrected chi connectivity index (χ1v) is 6.55. The lowest BCUT2D eigenvalue weighted by atomic mass is 10.2. The van der Waals surface area contributed by atoms with E-state index in [0.29, 0.717) is 22.3 Å². The predicted octanol–water partition coefficient (Wildman–Crippen LogP) is 2.27. The molecule has 1 aromatic carbocycles. The maximum atomic E-state index is 12.1. The zero-order chi connectivity index (χ0) is 14.1. The number of rotatable bonds is 2. The zero-order valence-corrected chi connectivity index (χ0v) is 11.7. The summed E-state index contributed by atoms with van der Waals surface area (Å²) in [5, 5.41) is 2.75. The third-order valence-corrected chi connectivity index (χ3v) is 3.17. The van der Waals surface area contributed by atoms with Crippen LogP contribution in [0.2, 0.25) is 0 Å². The van der Waals surface area contributed by atoms with Gasteiger partial charge in [0.15, 0.2) is 0 Å². The molecular weight excluding hydrogens is 324 g/mol. The first kappa shape index (κ1) is 12.6. The second-order valence-electron chi connectivity index (χ2n) is 4.19. The van der Waals surface area contributed by atoms with E-state index < -0.39 is 0 Å². The molecule has 6 nitrogen and oxygen atoms in total. The molecule has 1 amide bonds. The van der Waals surface area contributed by atoms with Gasteiger partial charge in [0.05, 0.1) is 16.6 Å². The summed E-state index contributed by atoms with van der Waals surface area (Å²) in [6.45, 7) is 0. The summed E-state index contributed by atoms with van der Waals surface area (Å²) in [6.07, 6.45) is 3.09. The molecule has 0 saturated carbocycles. The summed E-state index contributed by atoms with van der Waals surface area (Å²) < 4.78 is 0.732. The Morgan fingerprint density at radius 2 is 1.95 bits per heavy atom. The monoisotopic (exact) mass is 332 g/mol. The minimum Gasteiger partial charge on any atom is -0.322 e. The lowest BCUT2D eigenvalue weighted by molar-refractivity contribution is 0.102. The van der Waals surface area contributed by atoms with Gasteiger partial charge in [0.2, 0.25) is 0 Å². The number of nitrogens with zero attached hydrogens (tertiary/aromatic N) is 1. The standard InChI is InChI=1S/C13H9BrN4O2/c14-8-3-7(5-15-6-8)12(19)16-9-1-2-10-11(4-9)18-13(20)17-10/h1-6H,(H,16,19)(H2,17,18,20). The molecule has 0 aliphatic heterocycles. The van der Waals surface area contributed by atoms with Gasteiger partial charge in [0.25, 0.3) is 5.91 Å². The van der Waals surface area contributed by atoms with Crippen LogP contribution in [0.5, 0.6) is 0 Å². The number of anilines is 1. The van der Waals surface area contributed by atoms with E-state index in [9.17, 15) is 9.59 Å². The molecule has 2 aromatic heterocycles. The molecule has 0 bridgehead atoms. The lowest BCUT2D eigenvalue weighted by Crippen LogP contribution is -2.12. The van der Waals surface area contributed by atoms with Gasteiger partial charge >= 0.3 is 5.69 Å². The highest BCUT2D eigenvalue weighted by Gasteiger charge is 2.08. The third-order valence-electron chi connectivity index (χ3n) is 2.74. The summed E-state index contributed by atoms with van der Waals surface area (Å²) in [5.74, 6) is -0.268. The van der Waals surface area contributed by atoms with Crippen LogP contribution in [0.15, 0.2) is 45.9 Å². The smallest absolute Gasteiger partial charge is 0.322 e. The topological polar surface area (TPSA) is 90.6 Å². The van der Waals surface area contributed by atoms with Crippen LogP contribution in [0.1, 0.15) is 10.4 Å². The molecule has 0 atom stereocenters.